The van der Waals surface area contributed by atoms with E-state index >= 15 is 0 Å². The monoisotopic (exact) mass is 741 g/mol. The van der Waals surface area contributed by atoms with Crippen molar-refractivity contribution in [2.75, 3.05) is 16.8 Å². The van der Waals surface area contributed by atoms with E-state index in [4.69, 9.17) is 0 Å². The highest BCUT2D eigenvalue weighted by Crippen LogP contribution is 2.61. The van der Waals surface area contributed by atoms with Gasteiger partial charge in [-0.1, -0.05) is 140 Å². The Morgan fingerprint density at radius 2 is 1.14 bits per heavy atom. The number of para-hydroxylation sites is 4. The quantitative estimate of drug-likeness (QED) is 0.174. The van der Waals surface area contributed by atoms with Crippen LogP contribution in [-0.4, -0.2) is 11.6 Å². The van der Waals surface area contributed by atoms with Gasteiger partial charge >= 0.3 is 0 Å². The summed E-state index contributed by atoms with van der Waals surface area (Å²) in [6.07, 6.45) is 10.0. The molecule has 2 aliphatic carbocycles. The summed E-state index contributed by atoms with van der Waals surface area (Å²) in [4.78, 5) is 4.71. The predicted molar refractivity (Wildman–Crippen MR) is 244 cm³/mol. The lowest BCUT2D eigenvalue weighted by Crippen LogP contribution is -2.33. The van der Waals surface area contributed by atoms with Gasteiger partial charge in [0, 0.05) is 46.1 Å². The molecular formula is C55H39N3. The van der Waals surface area contributed by atoms with Gasteiger partial charge in [0.05, 0.1) is 27.8 Å². The van der Waals surface area contributed by atoms with Crippen molar-refractivity contribution in [3.63, 3.8) is 0 Å². The molecule has 0 N–H and O–H groups in total. The van der Waals surface area contributed by atoms with E-state index in [1.807, 2.05) is 0 Å². The van der Waals surface area contributed by atoms with Gasteiger partial charge in [-0.15, -0.1) is 0 Å². The lowest BCUT2D eigenvalue weighted by Gasteiger charge is -2.40. The van der Waals surface area contributed by atoms with Crippen molar-refractivity contribution in [2.24, 2.45) is 0 Å². The van der Waals surface area contributed by atoms with Crippen LogP contribution in [0.1, 0.15) is 39.8 Å². The van der Waals surface area contributed by atoms with E-state index in [2.05, 4.69) is 228 Å². The fourth-order valence-electron chi connectivity index (χ4n) is 10.3. The van der Waals surface area contributed by atoms with Crippen molar-refractivity contribution in [3.8, 4) is 16.8 Å². The first-order chi connectivity index (χ1) is 28.7. The first kappa shape index (κ1) is 32.8. The van der Waals surface area contributed by atoms with Crippen LogP contribution in [0.4, 0.5) is 28.4 Å². The zero-order valence-electron chi connectivity index (χ0n) is 32.2. The maximum absolute atomic E-state index is 2.52. The van der Waals surface area contributed by atoms with Crippen LogP contribution in [0.25, 0.3) is 50.8 Å². The highest BCUT2D eigenvalue weighted by molar-refractivity contribution is 6.13. The molecule has 0 saturated heterocycles. The van der Waals surface area contributed by atoms with Crippen molar-refractivity contribution >= 4 is 62.4 Å². The first-order valence-electron chi connectivity index (χ1n) is 20.2. The van der Waals surface area contributed by atoms with Gasteiger partial charge in [0.15, 0.2) is 0 Å². The normalized spacial score (nSPS) is 15.5. The number of aromatic nitrogens is 1. The number of rotatable bonds is 5. The Morgan fingerprint density at radius 3 is 2.03 bits per heavy atom. The van der Waals surface area contributed by atoms with Crippen molar-refractivity contribution in [3.05, 3.63) is 228 Å². The maximum Gasteiger partial charge on any atom is 0.0755 e. The number of fused-ring (bicyclic) bond motifs is 13. The summed E-state index contributed by atoms with van der Waals surface area (Å²) in [5.74, 6) is 0. The molecule has 1 atom stereocenters. The molecule has 1 aromatic heterocycles. The molecule has 2 heterocycles. The van der Waals surface area contributed by atoms with E-state index in [9.17, 15) is 0 Å². The smallest absolute Gasteiger partial charge is 0.0755 e. The Morgan fingerprint density at radius 1 is 0.483 bits per heavy atom. The molecule has 1 aliphatic heterocycles. The zero-order chi connectivity index (χ0) is 38.4. The van der Waals surface area contributed by atoms with Gasteiger partial charge in [-0.25, -0.2) is 0 Å². The minimum absolute atomic E-state index is 0.535. The van der Waals surface area contributed by atoms with Gasteiger partial charge in [0.25, 0.3) is 0 Å². The molecule has 0 bridgehead atoms. The molecule has 9 aromatic rings. The summed E-state index contributed by atoms with van der Waals surface area (Å²) in [6.45, 7) is 0. The average molecular weight is 742 g/mol. The van der Waals surface area contributed by atoms with Crippen LogP contribution in [0.3, 0.4) is 0 Å². The molecule has 1 unspecified atom stereocenters. The molecule has 12 rings (SSSR count). The number of allylic oxidation sites excluding steroid dienone is 2. The lowest BCUT2D eigenvalue weighted by molar-refractivity contribution is 0.748. The number of benzene rings is 8. The van der Waals surface area contributed by atoms with Crippen LogP contribution in [0.2, 0.25) is 0 Å². The van der Waals surface area contributed by atoms with Gasteiger partial charge in [0.2, 0.25) is 0 Å². The average Bonchev–Trinajstić information content (AvgIpc) is 3.64. The molecule has 8 aromatic carbocycles. The summed E-state index contributed by atoms with van der Waals surface area (Å²) in [7, 11) is 2.13. The minimum Gasteiger partial charge on any atom is -0.345 e. The second-order valence-electron chi connectivity index (χ2n) is 15.7. The summed E-state index contributed by atoms with van der Waals surface area (Å²) in [5.41, 5.74) is 19.2. The minimum atomic E-state index is -0.535. The molecule has 274 valence electrons. The Labute approximate surface area is 338 Å². The van der Waals surface area contributed by atoms with Crippen molar-refractivity contribution in [1.82, 2.24) is 4.57 Å². The third kappa shape index (κ3) is 4.50. The van der Waals surface area contributed by atoms with Crippen LogP contribution < -0.4 is 9.80 Å². The van der Waals surface area contributed by atoms with E-state index < -0.39 is 5.41 Å². The van der Waals surface area contributed by atoms with Crippen molar-refractivity contribution in [2.45, 2.75) is 11.8 Å². The molecule has 3 nitrogen and oxygen atoms in total. The van der Waals surface area contributed by atoms with E-state index in [-0.39, 0.29) is 0 Å². The first-order valence-corrected chi connectivity index (χ1v) is 20.2. The molecule has 0 fully saturated rings. The fourth-order valence-corrected chi connectivity index (χ4v) is 10.3. The molecule has 3 heteroatoms. The summed E-state index contributed by atoms with van der Waals surface area (Å²) in [6, 6.07) is 67.6. The fraction of sp³-hybridized carbons (Fsp3) is 0.0545. The van der Waals surface area contributed by atoms with E-state index in [0.29, 0.717) is 0 Å². The zero-order valence-corrected chi connectivity index (χ0v) is 32.2. The van der Waals surface area contributed by atoms with E-state index in [0.717, 1.165) is 34.9 Å². The van der Waals surface area contributed by atoms with E-state index in [1.54, 1.807) is 0 Å². The largest absolute Gasteiger partial charge is 0.345 e. The van der Waals surface area contributed by atoms with Gasteiger partial charge in [-0.05, 0) is 112 Å². The molecule has 0 saturated carbocycles. The molecule has 1 spiro atoms. The second kappa shape index (κ2) is 12.6. The standard InChI is InChI=1S/C55H39N3/c1-56(38-18-5-3-6-19-38)39-30-32-40(33-31-39)57(51-29-14-17-37-16-4-2-7-20-42(37)51)41-34-35-44-43-21-8-10-24-47(43)55(50(44)36-41)48-25-11-13-28-53(48)58-52-27-12-9-22-45(52)46-23-15-26-49(55)54(46)58/h3-36H,2H2,1H3. The van der Waals surface area contributed by atoms with Crippen LogP contribution in [0, 0.1) is 0 Å². The highest BCUT2D eigenvalue weighted by atomic mass is 15.1. The van der Waals surface area contributed by atoms with E-state index in [1.165, 1.54) is 72.0 Å². The number of anilines is 5. The summed E-state index contributed by atoms with van der Waals surface area (Å²) in [5, 5.41) is 2.57. The summed E-state index contributed by atoms with van der Waals surface area (Å²) >= 11 is 0. The Hall–Kier alpha value is -7.36. The number of hydrogen-bond acceptors (Lipinski definition) is 2. The maximum atomic E-state index is 2.52. The topological polar surface area (TPSA) is 11.4 Å². The van der Waals surface area contributed by atoms with Crippen molar-refractivity contribution in [1.29, 1.82) is 0 Å². The number of hydrogen-bond donors (Lipinski definition) is 0. The Kier molecular flexibility index (Phi) is 7.12. The molecule has 0 radical (unpaired) electrons. The van der Waals surface area contributed by atoms with Gasteiger partial charge in [-0.2, -0.15) is 0 Å². The Bertz CT molecular complexity index is 3170. The summed E-state index contributed by atoms with van der Waals surface area (Å²) < 4.78 is 2.52. The molecule has 0 amide bonds. The van der Waals surface area contributed by atoms with Gasteiger partial charge in [0.1, 0.15) is 0 Å². The molecule has 58 heavy (non-hydrogen) atoms. The number of nitrogens with zero attached hydrogens (tertiary/aromatic N) is 3. The van der Waals surface area contributed by atoms with Crippen LogP contribution >= 0.6 is 0 Å². The van der Waals surface area contributed by atoms with Crippen molar-refractivity contribution < 1.29 is 0 Å². The van der Waals surface area contributed by atoms with Gasteiger partial charge < -0.3 is 14.4 Å². The third-order valence-corrected chi connectivity index (χ3v) is 12.8. The highest BCUT2D eigenvalue weighted by Gasteiger charge is 2.51. The van der Waals surface area contributed by atoms with Crippen LogP contribution in [-0.2, 0) is 5.41 Å². The third-order valence-electron chi connectivity index (χ3n) is 12.8. The lowest BCUT2D eigenvalue weighted by atomic mass is 9.65. The van der Waals surface area contributed by atoms with Crippen LogP contribution in [0.5, 0.6) is 0 Å². The van der Waals surface area contributed by atoms with Gasteiger partial charge in [-0.3, -0.25) is 0 Å². The van der Waals surface area contributed by atoms with Crippen LogP contribution in [0.15, 0.2) is 194 Å². The molecule has 3 aliphatic rings. The SMILES string of the molecule is CN(c1ccccc1)c1ccc(N(c2ccc3c(c2)C2(c4ccccc4-3)c3ccccc3-n3c4ccccc4c4cccc2c43)c2cccc3c2C=CCC=C3)cc1. The predicted octanol–water partition coefficient (Wildman–Crippen LogP) is 14.1. The molecular weight excluding hydrogens is 703 g/mol. The Balaban J connectivity index is 1.13. The second-order valence-corrected chi connectivity index (χ2v) is 15.7.